The zero-order valence-electron chi connectivity index (χ0n) is 11.5. The molecule has 6 nitrogen and oxygen atoms in total. The molecule has 2 aliphatic rings. The Hall–Kier alpha value is -2.89. The van der Waals surface area contributed by atoms with E-state index in [1.807, 2.05) is 25.1 Å². The smallest absolute Gasteiger partial charge is 0.338 e. The Morgan fingerprint density at radius 3 is 2.67 bits per heavy atom. The summed E-state index contributed by atoms with van der Waals surface area (Å²) in [5.74, 6) is -1.03. The Kier molecular flexibility index (Phi) is 2.86. The maximum Gasteiger partial charge on any atom is 0.338 e. The molecule has 0 amide bonds. The van der Waals surface area contributed by atoms with Crippen LogP contribution in [0, 0.1) is 0 Å². The summed E-state index contributed by atoms with van der Waals surface area (Å²) in [6.45, 7) is 0. The van der Waals surface area contributed by atoms with Crippen LogP contribution in [0.1, 0.15) is 10.4 Å². The Morgan fingerprint density at radius 2 is 2.00 bits per heavy atom. The Labute approximate surface area is 119 Å². The van der Waals surface area contributed by atoms with Crippen molar-refractivity contribution in [2.75, 3.05) is 19.0 Å². The first kappa shape index (κ1) is 13.1. The average molecular weight is 284 g/mol. The van der Waals surface area contributed by atoms with Crippen LogP contribution in [-0.2, 0) is 0 Å². The maximum atomic E-state index is 11.6. The summed E-state index contributed by atoms with van der Waals surface area (Å²) in [5, 5.41) is 9.17. The molecule has 0 bridgehead atoms. The van der Waals surface area contributed by atoms with Gasteiger partial charge < -0.3 is 14.4 Å². The van der Waals surface area contributed by atoms with Crippen LogP contribution >= 0.6 is 0 Å². The zero-order valence-corrected chi connectivity index (χ0v) is 11.5. The third-order valence-corrected chi connectivity index (χ3v) is 3.19. The van der Waals surface area contributed by atoms with Crippen LogP contribution in [0.25, 0.3) is 22.6 Å². The first-order chi connectivity index (χ1) is 9.95. The molecule has 1 aromatic carbocycles. The molecule has 0 aromatic heterocycles. The Balaban J connectivity index is 2.37. The summed E-state index contributed by atoms with van der Waals surface area (Å²) >= 11 is 0. The number of hydrogen-bond donors (Lipinski definition) is 1. The number of fused-ring (bicyclic) bond motifs is 2. The van der Waals surface area contributed by atoms with Gasteiger partial charge >= 0.3 is 5.97 Å². The molecule has 21 heavy (non-hydrogen) atoms. The molecule has 106 valence electrons. The van der Waals surface area contributed by atoms with Gasteiger partial charge in [0, 0.05) is 38.0 Å². The van der Waals surface area contributed by atoms with Crippen molar-refractivity contribution in [2.45, 2.75) is 0 Å². The van der Waals surface area contributed by atoms with Crippen LogP contribution in [0.3, 0.4) is 0 Å². The molecular formula is C15H12N2O4. The molecule has 1 aliphatic heterocycles. The molecule has 0 fully saturated rings. The van der Waals surface area contributed by atoms with E-state index >= 15 is 0 Å². The molecular weight excluding hydrogens is 272 g/mol. The second kappa shape index (κ2) is 4.59. The fourth-order valence-corrected chi connectivity index (χ4v) is 2.13. The summed E-state index contributed by atoms with van der Waals surface area (Å²) in [7, 11) is 3.79. The molecule has 3 rings (SSSR count). The van der Waals surface area contributed by atoms with Crippen molar-refractivity contribution in [3.63, 3.8) is 0 Å². The lowest BCUT2D eigenvalue weighted by molar-refractivity contribution is 0.0697. The fraction of sp³-hybridized carbons (Fsp3) is 0.133. The highest BCUT2D eigenvalue weighted by molar-refractivity contribution is 5.95. The highest BCUT2D eigenvalue weighted by Gasteiger charge is 2.19. The molecule has 0 unspecified atom stereocenters. The molecule has 1 heterocycles. The molecule has 0 saturated heterocycles. The van der Waals surface area contributed by atoms with Gasteiger partial charge in [-0.25, -0.2) is 9.78 Å². The number of benzene rings is 2. The van der Waals surface area contributed by atoms with E-state index in [-0.39, 0.29) is 17.0 Å². The highest BCUT2D eigenvalue weighted by Crippen LogP contribution is 2.28. The van der Waals surface area contributed by atoms with Gasteiger partial charge in [-0.3, -0.25) is 4.79 Å². The average Bonchev–Trinajstić information content (AvgIpc) is 2.43. The van der Waals surface area contributed by atoms with Crippen LogP contribution in [-0.4, -0.2) is 30.2 Å². The largest absolute Gasteiger partial charge is 0.478 e. The van der Waals surface area contributed by atoms with Gasteiger partial charge in [0.25, 0.3) is 0 Å². The van der Waals surface area contributed by atoms with Gasteiger partial charge in [0.15, 0.2) is 16.8 Å². The number of nitrogens with zero attached hydrogens (tertiary/aromatic N) is 2. The first-order valence-corrected chi connectivity index (χ1v) is 6.25. The van der Waals surface area contributed by atoms with Gasteiger partial charge in [0.2, 0.25) is 0 Å². The minimum absolute atomic E-state index is 0.153. The van der Waals surface area contributed by atoms with Crippen LogP contribution in [0.15, 0.2) is 39.5 Å². The molecule has 6 heteroatoms. The molecule has 0 spiro atoms. The monoisotopic (exact) mass is 284 g/mol. The number of carboxylic acids is 1. The van der Waals surface area contributed by atoms with Crippen molar-refractivity contribution >= 4 is 22.8 Å². The predicted octanol–water partition coefficient (Wildman–Crippen LogP) is 2.06. The van der Waals surface area contributed by atoms with Crippen molar-refractivity contribution in [2.24, 2.45) is 0 Å². The highest BCUT2D eigenvalue weighted by atomic mass is 16.4. The van der Waals surface area contributed by atoms with Crippen molar-refractivity contribution in [1.29, 1.82) is 0 Å². The van der Waals surface area contributed by atoms with E-state index in [0.29, 0.717) is 11.1 Å². The van der Waals surface area contributed by atoms with E-state index in [0.717, 1.165) is 11.8 Å². The van der Waals surface area contributed by atoms with E-state index in [1.54, 1.807) is 12.1 Å². The van der Waals surface area contributed by atoms with E-state index in [4.69, 9.17) is 9.52 Å². The number of hydrogen-bond acceptors (Lipinski definition) is 5. The second-order valence-electron chi connectivity index (χ2n) is 4.88. The number of anilines is 1. The van der Waals surface area contributed by atoms with Gasteiger partial charge in [-0.05, 0) is 12.1 Å². The Bertz CT molecular complexity index is 883. The second-order valence-corrected chi connectivity index (χ2v) is 4.88. The van der Waals surface area contributed by atoms with Gasteiger partial charge in [-0.2, -0.15) is 0 Å². The summed E-state index contributed by atoms with van der Waals surface area (Å²) < 4.78 is 5.66. The fourth-order valence-electron chi connectivity index (χ4n) is 2.13. The lowest BCUT2D eigenvalue weighted by atomic mass is 10.1. The number of aromatic nitrogens is 1. The minimum Gasteiger partial charge on any atom is -0.478 e. The van der Waals surface area contributed by atoms with Crippen molar-refractivity contribution in [1.82, 2.24) is 4.98 Å². The topological polar surface area (TPSA) is 83.6 Å². The Morgan fingerprint density at radius 1 is 1.24 bits per heavy atom. The van der Waals surface area contributed by atoms with Gasteiger partial charge in [-0.15, -0.1) is 0 Å². The van der Waals surface area contributed by atoms with Crippen molar-refractivity contribution in [3.8, 4) is 11.5 Å². The third kappa shape index (κ3) is 2.20. The van der Waals surface area contributed by atoms with Crippen LogP contribution in [0.5, 0.6) is 0 Å². The van der Waals surface area contributed by atoms with Gasteiger partial charge in [-0.1, -0.05) is 0 Å². The molecule has 1 N–H and O–H groups in total. The SMILES string of the molecule is CN(C)c1ccc2nc3c(C(=O)O)cc(=O)cc-3oc2c1. The molecule has 0 atom stereocenters. The van der Waals surface area contributed by atoms with E-state index in [9.17, 15) is 9.59 Å². The number of rotatable bonds is 2. The summed E-state index contributed by atoms with van der Waals surface area (Å²) in [5.41, 5.74) is 1.55. The van der Waals surface area contributed by atoms with Gasteiger partial charge in [0.05, 0.1) is 5.56 Å². The lowest BCUT2D eigenvalue weighted by Gasteiger charge is -2.13. The molecule has 0 saturated carbocycles. The van der Waals surface area contributed by atoms with Crippen LogP contribution in [0.2, 0.25) is 0 Å². The number of carboxylic acid groups (broad SMARTS) is 1. The summed E-state index contributed by atoms with van der Waals surface area (Å²) in [6.07, 6.45) is 0. The van der Waals surface area contributed by atoms with Gasteiger partial charge in [0.1, 0.15) is 11.2 Å². The van der Waals surface area contributed by atoms with E-state index < -0.39 is 11.4 Å². The molecule has 1 aromatic rings. The number of aromatic carboxylic acids is 1. The first-order valence-electron chi connectivity index (χ1n) is 6.25. The third-order valence-electron chi connectivity index (χ3n) is 3.19. The normalized spacial score (nSPS) is 11.0. The lowest BCUT2D eigenvalue weighted by Crippen LogP contribution is -2.10. The van der Waals surface area contributed by atoms with Crippen molar-refractivity contribution in [3.05, 3.63) is 46.1 Å². The van der Waals surface area contributed by atoms with Crippen LogP contribution in [0.4, 0.5) is 5.69 Å². The standard InChI is InChI=1S/C15H12N2O4/c1-17(2)8-3-4-11-12(5-8)21-13-7-9(18)6-10(15(19)20)14(13)16-11/h3-7H,1-2H3,(H,19,20). The maximum absolute atomic E-state index is 11.6. The zero-order chi connectivity index (χ0) is 15.1. The summed E-state index contributed by atoms with van der Waals surface area (Å²) in [6, 6.07) is 7.70. The van der Waals surface area contributed by atoms with Crippen LogP contribution < -0.4 is 10.3 Å². The van der Waals surface area contributed by atoms with Crippen molar-refractivity contribution < 1.29 is 14.3 Å². The molecule has 0 radical (unpaired) electrons. The summed E-state index contributed by atoms with van der Waals surface area (Å²) in [4.78, 5) is 29.0. The quantitative estimate of drug-likeness (QED) is 0.725. The number of carbonyl (C=O) groups is 1. The molecule has 1 aliphatic carbocycles. The van der Waals surface area contributed by atoms with E-state index in [2.05, 4.69) is 4.98 Å². The van der Waals surface area contributed by atoms with E-state index in [1.165, 1.54) is 6.07 Å². The minimum atomic E-state index is -1.20. The predicted molar refractivity (Wildman–Crippen MR) is 78.2 cm³/mol.